The van der Waals surface area contributed by atoms with Crippen molar-refractivity contribution in [1.82, 2.24) is 5.32 Å². The summed E-state index contributed by atoms with van der Waals surface area (Å²) in [5, 5.41) is 4.96. The molecule has 6 nitrogen and oxygen atoms in total. The van der Waals surface area contributed by atoms with Crippen LogP contribution < -0.4 is 10.6 Å². The van der Waals surface area contributed by atoms with Gasteiger partial charge in [0, 0.05) is 12.1 Å². The van der Waals surface area contributed by atoms with Gasteiger partial charge in [-0.05, 0) is 38.5 Å². The quantitative estimate of drug-likeness (QED) is 0.825. The number of halogens is 1. The molecule has 0 saturated carbocycles. The topological polar surface area (TPSA) is 84.5 Å². The second kappa shape index (κ2) is 7.25. The van der Waals surface area contributed by atoms with Crippen LogP contribution >= 0.6 is 0 Å². The largest absolute Gasteiger partial charge is 0.463 e. The van der Waals surface area contributed by atoms with Crippen molar-refractivity contribution in [3.63, 3.8) is 0 Å². The maximum absolute atomic E-state index is 13.9. The van der Waals surface area contributed by atoms with Gasteiger partial charge in [0.25, 0.3) is 0 Å². The highest BCUT2D eigenvalue weighted by atomic mass is 19.1. The fraction of sp³-hybridized carbons (Fsp3) is 0.353. The van der Waals surface area contributed by atoms with Gasteiger partial charge in [-0.15, -0.1) is 0 Å². The Kier molecular flexibility index (Phi) is 5.33. The SMILES string of the molecule is CCOC(=O)C1=C(C)NC(=O)CC1C(=O)Nc1ccc(C)cc1F. The van der Waals surface area contributed by atoms with E-state index in [0.29, 0.717) is 5.56 Å². The standard InChI is InChI=1S/C17H19FN2O4/c1-4-24-17(23)15-10(3)19-14(21)8-11(15)16(22)20-13-6-5-9(2)7-12(13)18/h5-7,11H,4,8H2,1-3H3,(H,19,21)(H,20,22). The molecule has 7 heteroatoms. The molecule has 1 aromatic carbocycles. The Morgan fingerprint density at radius 1 is 1.38 bits per heavy atom. The zero-order valence-corrected chi connectivity index (χ0v) is 13.7. The maximum atomic E-state index is 13.9. The zero-order valence-electron chi connectivity index (χ0n) is 13.7. The first-order valence-electron chi connectivity index (χ1n) is 7.58. The van der Waals surface area contributed by atoms with Crippen molar-refractivity contribution >= 4 is 23.5 Å². The van der Waals surface area contributed by atoms with Gasteiger partial charge in [-0.1, -0.05) is 6.07 Å². The third-order valence-corrected chi connectivity index (χ3v) is 3.66. The number of carbonyl (C=O) groups excluding carboxylic acids is 3. The molecule has 2 amide bonds. The molecule has 1 heterocycles. The lowest BCUT2D eigenvalue weighted by atomic mass is 9.89. The van der Waals surface area contributed by atoms with Crippen LogP contribution in [0.3, 0.4) is 0 Å². The summed E-state index contributed by atoms with van der Waals surface area (Å²) >= 11 is 0. The van der Waals surface area contributed by atoms with E-state index in [2.05, 4.69) is 10.6 Å². The van der Waals surface area contributed by atoms with Crippen LogP contribution in [-0.4, -0.2) is 24.4 Å². The number of esters is 1. The van der Waals surface area contributed by atoms with Crippen molar-refractivity contribution in [2.75, 3.05) is 11.9 Å². The summed E-state index contributed by atoms with van der Waals surface area (Å²) in [7, 11) is 0. The number of hydrogen-bond donors (Lipinski definition) is 2. The van der Waals surface area contributed by atoms with Crippen LogP contribution in [0.2, 0.25) is 0 Å². The fourth-order valence-electron chi connectivity index (χ4n) is 2.55. The molecule has 0 aromatic heterocycles. The van der Waals surface area contributed by atoms with Crippen LogP contribution in [0.1, 0.15) is 25.8 Å². The number of aryl methyl sites for hydroxylation is 1. The van der Waals surface area contributed by atoms with Crippen LogP contribution in [0, 0.1) is 18.7 Å². The number of nitrogens with one attached hydrogen (secondary N) is 2. The summed E-state index contributed by atoms with van der Waals surface area (Å²) in [6, 6.07) is 4.38. The van der Waals surface area contributed by atoms with Gasteiger partial charge in [0.1, 0.15) is 5.82 Å². The van der Waals surface area contributed by atoms with Crippen molar-refractivity contribution < 1.29 is 23.5 Å². The summed E-state index contributed by atoms with van der Waals surface area (Å²) in [6.45, 7) is 5.04. The third kappa shape index (κ3) is 3.79. The van der Waals surface area contributed by atoms with Crippen LogP contribution in [0.25, 0.3) is 0 Å². The van der Waals surface area contributed by atoms with Gasteiger partial charge >= 0.3 is 5.97 Å². The van der Waals surface area contributed by atoms with Gasteiger partial charge < -0.3 is 15.4 Å². The minimum absolute atomic E-state index is 0.00237. The Morgan fingerprint density at radius 2 is 2.08 bits per heavy atom. The lowest BCUT2D eigenvalue weighted by molar-refractivity contribution is -0.141. The van der Waals surface area contributed by atoms with E-state index in [1.807, 2.05) is 0 Å². The molecular formula is C17H19FN2O4. The number of benzene rings is 1. The van der Waals surface area contributed by atoms with E-state index < -0.39 is 23.6 Å². The minimum Gasteiger partial charge on any atom is -0.463 e. The molecule has 0 fully saturated rings. The van der Waals surface area contributed by atoms with Crippen LogP contribution in [-0.2, 0) is 19.1 Å². The Morgan fingerprint density at radius 3 is 2.71 bits per heavy atom. The molecule has 1 atom stereocenters. The van der Waals surface area contributed by atoms with Crippen molar-refractivity contribution in [1.29, 1.82) is 0 Å². The van der Waals surface area contributed by atoms with E-state index in [1.165, 1.54) is 19.1 Å². The van der Waals surface area contributed by atoms with Gasteiger partial charge in [-0.3, -0.25) is 9.59 Å². The molecule has 1 aromatic rings. The summed E-state index contributed by atoms with van der Waals surface area (Å²) in [6.07, 6.45) is -0.204. The summed E-state index contributed by atoms with van der Waals surface area (Å²) in [4.78, 5) is 36.4. The van der Waals surface area contributed by atoms with Crippen LogP contribution in [0.4, 0.5) is 10.1 Å². The monoisotopic (exact) mass is 334 g/mol. The lowest BCUT2D eigenvalue weighted by Crippen LogP contribution is -2.40. The summed E-state index contributed by atoms with van der Waals surface area (Å²) in [5.74, 6) is -3.29. The van der Waals surface area contributed by atoms with Crippen molar-refractivity contribution in [3.05, 3.63) is 40.8 Å². The highest BCUT2D eigenvalue weighted by molar-refractivity contribution is 6.06. The highest BCUT2D eigenvalue weighted by Gasteiger charge is 2.36. The average molecular weight is 334 g/mol. The Hall–Kier alpha value is -2.70. The number of hydrogen-bond acceptors (Lipinski definition) is 4. The van der Waals surface area contributed by atoms with E-state index in [-0.39, 0.29) is 35.9 Å². The first-order chi connectivity index (χ1) is 11.3. The molecule has 24 heavy (non-hydrogen) atoms. The Balaban J connectivity index is 2.29. The van der Waals surface area contributed by atoms with Gasteiger partial charge in [-0.2, -0.15) is 0 Å². The summed E-state index contributed by atoms with van der Waals surface area (Å²) < 4.78 is 18.9. The molecule has 128 valence electrons. The van der Waals surface area contributed by atoms with Crippen LogP contribution in [0.5, 0.6) is 0 Å². The molecule has 1 aliphatic heterocycles. The van der Waals surface area contributed by atoms with E-state index in [0.717, 1.165) is 0 Å². The molecule has 0 aliphatic carbocycles. The minimum atomic E-state index is -1.03. The third-order valence-electron chi connectivity index (χ3n) is 3.66. The van der Waals surface area contributed by atoms with Gasteiger partial charge in [0.05, 0.1) is 23.8 Å². The molecule has 0 saturated heterocycles. The molecule has 2 rings (SSSR count). The van der Waals surface area contributed by atoms with Gasteiger partial charge in [-0.25, -0.2) is 9.18 Å². The van der Waals surface area contributed by atoms with E-state index in [4.69, 9.17) is 4.74 Å². The number of ether oxygens (including phenoxy) is 1. The normalized spacial score (nSPS) is 17.3. The molecule has 1 unspecified atom stereocenters. The fourth-order valence-corrected chi connectivity index (χ4v) is 2.55. The molecule has 0 spiro atoms. The van der Waals surface area contributed by atoms with Crippen molar-refractivity contribution in [2.45, 2.75) is 27.2 Å². The number of allylic oxidation sites excluding steroid dienone is 1. The van der Waals surface area contributed by atoms with E-state index >= 15 is 0 Å². The Bertz CT molecular complexity index is 727. The summed E-state index contributed by atoms with van der Waals surface area (Å²) in [5.41, 5.74) is 1.07. The van der Waals surface area contributed by atoms with E-state index in [9.17, 15) is 18.8 Å². The second-order valence-electron chi connectivity index (χ2n) is 5.54. The molecular weight excluding hydrogens is 315 g/mol. The van der Waals surface area contributed by atoms with Crippen LogP contribution in [0.15, 0.2) is 29.5 Å². The second-order valence-corrected chi connectivity index (χ2v) is 5.54. The lowest BCUT2D eigenvalue weighted by Gasteiger charge is -2.25. The van der Waals surface area contributed by atoms with Gasteiger partial charge in [0.2, 0.25) is 11.8 Å². The number of carbonyl (C=O) groups is 3. The predicted octanol–water partition coefficient (Wildman–Crippen LogP) is 2.05. The first kappa shape index (κ1) is 17.7. The zero-order chi connectivity index (χ0) is 17.9. The first-order valence-corrected chi connectivity index (χ1v) is 7.58. The maximum Gasteiger partial charge on any atom is 0.336 e. The Labute approximate surface area is 139 Å². The number of amides is 2. The predicted molar refractivity (Wildman–Crippen MR) is 85.3 cm³/mol. The van der Waals surface area contributed by atoms with E-state index in [1.54, 1.807) is 19.9 Å². The highest BCUT2D eigenvalue weighted by Crippen LogP contribution is 2.26. The van der Waals surface area contributed by atoms with Crippen molar-refractivity contribution in [2.24, 2.45) is 5.92 Å². The average Bonchev–Trinajstić information content (AvgIpc) is 2.49. The molecule has 2 N–H and O–H groups in total. The molecule has 1 aliphatic rings. The molecule has 0 bridgehead atoms. The molecule has 0 radical (unpaired) electrons. The van der Waals surface area contributed by atoms with Gasteiger partial charge in [0.15, 0.2) is 0 Å². The number of anilines is 1. The number of rotatable bonds is 4. The smallest absolute Gasteiger partial charge is 0.336 e. The van der Waals surface area contributed by atoms with Crippen molar-refractivity contribution in [3.8, 4) is 0 Å².